The summed E-state index contributed by atoms with van der Waals surface area (Å²) in [4.78, 5) is 0. The van der Waals surface area contributed by atoms with Crippen LogP contribution in [0.1, 0.15) is 17.2 Å². The molecule has 0 saturated carbocycles. The summed E-state index contributed by atoms with van der Waals surface area (Å²) in [6.45, 7) is 1.59. The number of hydrogen-bond acceptors (Lipinski definition) is 2. The summed E-state index contributed by atoms with van der Waals surface area (Å²) in [7, 11) is 0. The third kappa shape index (κ3) is 0.863. The number of nitrogens with one attached hydrogen (secondary N) is 1. The number of aliphatic hydroxyl groups excluding tert-OH is 1. The van der Waals surface area contributed by atoms with Crippen LogP contribution in [0.15, 0.2) is 18.2 Å². The van der Waals surface area contributed by atoms with Gasteiger partial charge in [-0.15, -0.1) is 0 Å². The van der Waals surface area contributed by atoms with Gasteiger partial charge >= 0.3 is 0 Å². The molecule has 3 rings (SSSR count). The van der Waals surface area contributed by atoms with Gasteiger partial charge in [0.05, 0.1) is 6.10 Å². The van der Waals surface area contributed by atoms with Crippen molar-refractivity contribution in [2.24, 2.45) is 5.41 Å². The zero-order chi connectivity index (χ0) is 9.76. The van der Waals surface area contributed by atoms with E-state index in [2.05, 4.69) is 5.32 Å². The number of aliphatic hydroxyl groups is 1. The van der Waals surface area contributed by atoms with Crippen molar-refractivity contribution in [1.82, 2.24) is 5.32 Å². The minimum absolute atomic E-state index is 0.121. The summed E-state index contributed by atoms with van der Waals surface area (Å²) >= 11 is 0. The van der Waals surface area contributed by atoms with Crippen molar-refractivity contribution >= 4 is 0 Å². The van der Waals surface area contributed by atoms with Gasteiger partial charge in [0.25, 0.3) is 0 Å². The van der Waals surface area contributed by atoms with Crippen LogP contribution in [-0.4, -0.2) is 18.2 Å². The predicted octanol–water partition coefficient (Wildman–Crippen LogP) is 1.00. The molecule has 1 unspecified atom stereocenters. The molecule has 2 N–H and O–H groups in total. The van der Waals surface area contributed by atoms with Crippen LogP contribution in [0.4, 0.5) is 4.39 Å². The molecule has 1 aliphatic heterocycles. The standard InChI is InChI=1S/C11H12FNO/c12-9-3-1-2-7-8(9)4-11(10(7)14)5-13-6-11/h1-3,10,13-14H,4-6H2. The Morgan fingerprint density at radius 1 is 1.43 bits per heavy atom. The maximum absolute atomic E-state index is 13.4. The Bertz CT molecular complexity index is 387. The molecule has 1 spiro atoms. The van der Waals surface area contributed by atoms with Crippen LogP contribution in [0.3, 0.4) is 0 Å². The Morgan fingerprint density at radius 2 is 2.21 bits per heavy atom. The monoisotopic (exact) mass is 193 g/mol. The van der Waals surface area contributed by atoms with E-state index in [9.17, 15) is 9.50 Å². The molecule has 1 saturated heterocycles. The molecule has 0 amide bonds. The molecule has 2 aliphatic rings. The molecular formula is C11H12FNO. The lowest BCUT2D eigenvalue weighted by Gasteiger charge is -2.42. The van der Waals surface area contributed by atoms with Crippen LogP contribution in [0, 0.1) is 11.2 Å². The highest BCUT2D eigenvalue weighted by atomic mass is 19.1. The van der Waals surface area contributed by atoms with E-state index in [4.69, 9.17) is 0 Å². The Balaban J connectivity index is 2.10. The van der Waals surface area contributed by atoms with Crippen LogP contribution >= 0.6 is 0 Å². The fourth-order valence-corrected chi connectivity index (χ4v) is 2.56. The quantitative estimate of drug-likeness (QED) is 0.644. The van der Waals surface area contributed by atoms with Gasteiger partial charge < -0.3 is 10.4 Å². The zero-order valence-electron chi connectivity index (χ0n) is 7.76. The van der Waals surface area contributed by atoms with Crippen molar-refractivity contribution in [3.8, 4) is 0 Å². The van der Waals surface area contributed by atoms with Crippen LogP contribution < -0.4 is 5.32 Å². The minimum Gasteiger partial charge on any atom is -0.388 e. The molecule has 1 aromatic rings. The number of hydrogen-bond donors (Lipinski definition) is 2. The molecule has 1 fully saturated rings. The number of fused-ring (bicyclic) bond motifs is 1. The van der Waals surface area contributed by atoms with Gasteiger partial charge in [0.1, 0.15) is 5.82 Å². The fraction of sp³-hybridized carbons (Fsp3) is 0.455. The lowest BCUT2D eigenvalue weighted by Crippen LogP contribution is -2.55. The van der Waals surface area contributed by atoms with Crippen molar-refractivity contribution < 1.29 is 9.50 Å². The largest absolute Gasteiger partial charge is 0.388 e. The minimum atomic E-state index is -0.491. The van der Waals surface area contributed by atoms with Gasteiger partial charge in [-0.25, -0.2) is 4.39 Å². The van der Waals surface area contributed by atoms with E-state index >= 15 is 0 Å². The first kappa shape index (κ1) is 8.38. The third-order valence-electron chi connectivity index (χ3n) is 3.51. The van der Waals surface area contributed by atoms with Gasteiger partial charge in [-0.1, -0.05) is 12.1 Å². The molecule has 74 valence electrons. The highest BCUT2D eigenvalue weighted by Gasteiger charge is 2.50. The normalized spacial score (nSPS) is 27.4. The van der Waals surface area contributed by atoms with E-state index in [1.54, 1.807) is 6.07 Å². The Hall–Kier alpha value is -0.930. The maximum Gasteiger partial charge on any atom is 0.126 e. The molecule has 0 radical (unpaired) electrons. The van der Waals surface area contributed by atoms with E-state index in [-0.39, 0.29) is 11.2 Å². The molecule has 1 aromatic carbocycles. The number of halogens is 1. The lowest BCUT2D eigenvalue weighted by molar-refractivity contribution is -0.00142. The summed E-state index contributed by atoms with van der Waals surface area (Å²) in [5, 5.41) is 13.2. The topological polar surface area (TPSA) is 32.3 Å². The van der Waals surface area contributed by atoms with Crippen LogP contribution in [0.25, 0.3) is 0 Å². The van der Waals surface area contributed by atoms with Crippen molar-refractivity contribution in [2.75, 3.05) is 13.1 Å². The Labute approximate surface area is 81.8 Å². The summed E-state index contributed by atoms with van der Waals surface area (Å²) < 4.78 is 13.4. The summed E-state index contributed by atoms with van der Waals surface area (Å²) in [6.07, 6.45) is 0.179. The van der Waals surface area contributed by atoms with Crippen molar-refractivity contribution in [3.05, 3.63) is 35.1 Å². The van der Waals surface area contributed by atoms with Crippen LogP contribution in [-0.2, 0) is 6.42 Å². The summed E-state index contributed by atoms with van der Waals surface area (Å²) in [6, 6.07) is 4.97. The van der Waals surface area contributed by atoms with Crippen molar-refractivity contribution in [2.45, 2.75) is 12.5 Å². The molecule has 1 heterocycles. The van der Waals surface area contributed by atoms with Crippen molar-refractivity contribution in [3.63, 3.8) is 0 Å². The average Bonchev–Trinajstić information content (AvgIpc) is 2.41. The second-order valence-electron chi connectivity index (χ2n) is 4.35. The SMILES string of the molecule is OC1c2cccc(F)c2CC12CNC2. The van der Waals surface area contributed by atoms with Gasteiger partial charge in [0.2, 0.25) is 0 Å². The van der Waals surface area contributed by atoms with E-state index in [1.807, 2.05) is 6.07 Å². The molecule has 0 aromatic heterocycles. The van der Waals surface area contributed by atoms with Gasteiger partial charge in [0, 0.05) is 18.5 Å². The second kappa shape index (κ2) is 2.55. The van der Waals surface area contributed by atoms with Crippen LogP contribution in [0.5, 0.6) is 0 Å². The molecular weight excluding hydrogens is 181 g/mol. The lowest BCUT2D eigenvalue weighted by atomic mass is 9.77. The van der Waals surface area contributed by atoms with Crippen molar-refractivity contribution in [1.29, 1.82) is 0 Å². The van der Waals surface area contributed by atoms with E-state index in [1.165, 1.54) is 6.07 Å². The van der Waals surface area contributed by atoms with E-state index in [0.29, 0.717) is 12.0 Å². The molecule has 2 nitrogen and oxygen atoms in total. The first-order valence-corrected chi connectivity index (χ1v) is 4.89. The molecule has 1 atom stereocenters. The highest BCUT2D eigenvalue weighted by molar-refractivity contribution is 5.39. The van der Waals surface area contributed by atoms with Gasteiger partial charge in [0.15, 0.2) is 0 Å². The highest BCUT2D eigenvalue weighted by Crippen LogP contribution is 2.48. The van der Waals surface area contributed by atoms with E-state index in [0.717, 1.165) is 18.7 Å². The Morgan fingerprint density at radius 3 is 2.79 bits per heavy atom. The summed E-state index contributed by atoms with van der Waals surface area (Å²) in [5.74, 6) is -0.176. The van der Waals surface area contributed by atoms with Gasteiger partial charge in [-0.05, 0) is 23.6 Å². The molecule has 0 bridgehead atoms. The Kier molecular flexibility index (Phi) is 1.53. The average molecular weight is 193 g/mol. The fourth-order valence-electron chi connectivity index (χ4n) is 2.56. The smallest absolute Gasteiger partial charge is 0.126 e. The second-order valence-corrected chi connectivity index (χ2v) is 4.35. The predicted molar refractivity (Wildman–Crippen MR) is 50.4 cm³/mol. The maximum atomic E-state index is 13.4. The van der Waals surface area contributed by atoms with Gasteiger partial charge in [-0.2, -0.15) is 0 Å². The third-order valence-corrected chi connectivity index (χ3v) is 3.51. The molecule has 3 heteroatoms. The van der Waals surface area contributed by atoms with Gasteiger partial charge in [-0.3, -0.25) is 0 Å². The number of rotatable bonds is 0. The van der Waals surface area contributed by atoms with Crippen LogP contribution in [0.2, 0.25) is 0 Å². The number of benzene rings is 1. The molecule has 14 heavy (non-hydrogen) atoms. The first-order valence-electron chi connectivity index (χ1n) is 4.89. The summed E-state index contributed by atoms with van der Waals surface area (Å²) in [5.41, 5.74) is 1.37. The first-order chi connectivity index (χ1) is 6.73. The molecule has 1 aliphatic carbocycles. The zero-order valence-corrected chi connectivity index (χ0v) is 7.76. The van der Waals surface area contributed by atoms with E-state index < -0.39 is 6.10 Å².